The predicted octanol–water partition coefficient (Wildman–Crippen LogP) is 4.05. The summed E-state index contributed by atoms with van der Waals surface area (Å²) in [5.41, 5.74) is 0.652. The zero-order chi connectivity index (χ0) is 10.3. The van der Waals surface area contributed by atoms with Gasteiger partial charge in [0.25, 0.3) is 0 Å². The molecule has 2 rings (SSSR count). The van der Waals surface area contributed by atoms with E-state index in [4.69, 9.17) is 16.0 Å². The average Bonchev–Trinajstić information content (AvgIpc) is 2.47. The van der Waals surface area contributed by atoms with E-state index in [0.29, 0.717) is 16.4 Å². The summed E-state index contributed by atoms with van der Waals surface area (Å²) in [5, 5.41) is 1.44. The van der Waals surface area contributed by atoms with E-state index in [1.807, 2.05) is 0 Å². The third-order valence-electron chi connectivity index (χ3n) is 1.88. The first-order chi connectivity index (χ1) is 6.58. The van der Waals surface area contributed by atoms with E-state index in [0.717, 1.165) is 9.86 Å². The van der Waals surface area contributed by atoms with Crippen molar-refractivity contribution >= 4 is 44.3 Å². The zero-order valence-corrected chi connectivity index (χ0v) is 9.65. The molecular weight excluding hydrogens is 267 g/mol. The van der Waals surface area contributed by atoms with Gasteiger partial charge in [-0.25, -0.2) is 0 Å². The smallest absolute Gasteiger partial charge is 0.194 e. The van der Waals surface area contributed by atoms with Crippen LogP contribution in [0, 0.1) is 0 Å². The van der Waals surface area contributed by atoms with Crippen molar-refractivity contribution in [3.63, 3.8) is 0 Å². The standard InChI is InChI=1S/C10H6BrClO2/c1-5(13)9-3-6-2-7(12)4-8(11)10(6)14-9/h2-4H,1H3. The monoisotopic (exact) mass is 272 g/mol. The summed E-state index contributed by atoms with van der Waals surface area (Å²) in [7, 11) is 0. The number of halogens is 2. The van der Waals surface area contributed by atoms with Gasteiger partial charge in [0.15, 0.2) is 11.5 Å². The topological polar surface area (TPSA) is 30.2 Å². The number of benzene rings is 1. The fourth-order valence-corrected chi connectivity index (χ4v) is 2.16. The Bertz CT molecular complexity index is 516. The predicted molar refractivity (Wildman–Crippen MR) is 58.9 cm³/mol. The Hall–Kier alpha value is -0.800. The first kappa shape index (κ1) is 9.74. The van der Waals surface area contributed by atoms with Crippen LogP contribution in [0.5, 0.6) is 0 Å². The molecule has 0 saturated carbocycles. The van der Waals surface area contributed by atoms with Crippen molar-refractivity contribution in [2.45, 2.75) is 6.92 Å². The second kappa shape index (κ2) is 3.41. The Balaban J connectivity index is 2.76. The molecule has 0 spiro atoms. The highest BCUT2D eigenvalue weighted by Crippen LogP contribution is 2.30. The molecule has 4 heteroatoms. The van der Waals surface area contributed by atoms with E-state index in [9.17, 15) is 4.79 Å². The second-order valence-corrected chi connectivity index (χ2v) is 4.26. The highest BCUT2D eigenvalue weighted by Gasteiger charge is 2.10. The molecule has 0 amide bonds. The van der Waals surface area contributed by atoms with Gasteiger partial charge in [-0.1, -0.05) is 11.6 Å². The molecule has 0 saturated heterocycles. The minimum absolute atomic E-state index is 0.0933. The number of ketones is 1. The lowest BCUT2D eigenvalue weighted by atomic mass is 10.2. The van der Waals surface area contributed by atoms with E-state index in [1.165, 1.54) is 6.92 Å². The Kier molecular flexibility index (Phi) is 2.37. The zero-order valence-electron chi connectivity index (χ0n) is 7.30. The number of carbonyl (C=O) groups is 1. The fraction of sp³-hybridized carbons (Fsp3) is 0.100. The van der Waals surface area contributed by atoms with Gasteiger partial charge in [0, 0.05) is 17.3 Å². The molecule has 72 valence electrons. The first-order valence-electron chi connectivity index (χ1n) is 3.97. The lowest BCUT2D eigenvalue weighted by Gasteiger charge is -1.93. The van der Waals surface area contributed by atoms with Gasteiger partial charge >= 0.3 is 0 Å². The van der Waals surface area contributed by atoms with Gasteiger partial charge < -0.3 is 4.42 Å². The van der Waals surface area contributed by atoms with Crippen molar-refractivity contribution in [1.29, 1.82) is 0 Å². The second-order valence-electron chi connectivity index (χ2n) is 2.97. The van der Waals surface area contributed by atoms with Crippen molar-refractivity contribution in [3.05, 3.63) is 33.5 Å². The van der Waals surface area contributed by atoms with Crippen molar-refractivity contribution in [2.75, 3.05) is 0 Å². The highest BCUT2D eigenvalue weighted by molar-refractivity contribution is 9.10. The maximum absolute atomic E-state index is 11.1. The fourth-order valence-electron chi connectivity index (χ4n) is 1.25. The first-order valence-corrected chi connectivity index (χ1v) is 5.14. The van der Waals surface area contributed by atoms with Gasteiger partial charge in [-0.2, -0.15) is 0 Å². The molecule has 0 N–H and O–H groups in total. The summed E-state index contributed by atoms with van der Waals surface area (Å²) in [6.45, 7) is 1.47. The van der Waals surface area contributed by atoms with Gasteiger partial charge in [-0.3, -0.25) is 4.79 Å². The van der Waals surface area contributed by atoms with Crippen molar-refractivity contribution < 1.29 is 9.21 Å². The molecule has 0 aliphatic carbocycles. The van der Waals surface area contributed by atoms with Crippen molar-refractivity contribution in [2.24, 2.45) is 0 Å². The van der Waals surface area contributed by atoms with Gasteiger partial charge in [-0.15, -0.1) is 0 Å². The van der Waals surface area contributed by atoms with Crippen LogP contribution in [0.3, 0.4) is 0 Å². The normalized spacial score (nSPS) is 10.8. The molecule has 0 fully saturated rings. The van der Waals surface area contributed by atoms with Gasteiger partial charge in [0.05, 0.1) is 4.47 Å². The van der Waals surface area contributed by atoms with Crippen LogP contribution >= 0.6 is 27.5 Å². The summed E-state index contributed by atoms with van der Waals surface area (Å²) >= 11 is 9.18. The van der Waals surface area contributed by atoms with E-state index >= 15 is 0 Å². The van der Waals surface area contributed by atoms with E-state index in [-0.39, 0.29) is 5.78 Å². The third kappa shape index (κ3) is 1.57. The lowest BCUT2D eigenvalue weighted by molar-refractivity contribution is 0.0989. The lowest BCUT2D eigenvalue weighted by Crippen LogP contribution is -1.85. The van der Waals surface area contributed by atoms with Crippen LogP contribution in [0.1, 0.15) is 17.5 Å². The summed E-state index contributed by atoms with van der Waals surface area (Å²) in [4.78, 5) is 11.1. The molecule has 1 aromatic heterocycles. The molecule has 0 bridgehead atoms. The van der Waals surface area contributed by atoms with Crippen LogP contribution in [-0.4, -0.2) is 5.78 Å². The Morgan fingerprint density at radius 3 is 2.79 bits per heavy atom. The van der Waals surface area contributed by atoms with Crippen LogP contribution in [0.2, 0.25) is 5.02 Å². The molecule has 0 radical (unpaired) electrons. The van der Waals surface area contributed by atoms with Gasteiger partial charge in [0.2, 0.25) is 0 Å². The van der Waals surface area contributed by atoms with Crippen LogP contribution in [0.4, 0.5) is 0 Å². The Morgan fingerprint density at radius 2 is 2.14 bits per heavy atom. The quantitative estimate of drug-likeness (QED) is 0.734. The number of Topliss-reactive ketones (excluding diaryl/α,β-unsaturated/α-hetero) is 1. The number of furan rings is 1. The molecule has 0 unspecified atom stereocenters. The molecule has 14 heavy (non-hydrogen) atoms. The summed E-state index contributed by atoms with van der Waals surface area (Å²) < 4.78 is 6.12. The number of rotatable bonds is 1. The van der Waals surface area contributed by atoms with Gasteiger partial charge in [0.1, 0.15) is 5.58 Å². The Morgan fingerprint density at radius 1 is 1.43 bits per heavy atom. The maximum atomic E-state index is 11.1. The maximum Gasteiger partial charge on any atom is 0.194 e. The number of carbonyl (C=O) groups excluding carboxylic acids is 1. The SMILES string of the molecule is CC(=O)c1cc2cc(Cl)cc(Br)c2o1. The van der Waals surface area contributed by atoms with Gasteiger partial charge in [-0.05, 0) is 34.1 Å². The summed E-state index contributed by atoms with van der Waals surface area (Å²) in [5.74, 6) is 0.257. The van der Waals surface area contributed by atoms with E-state index in [2.05, 4.69) is 15.9 Å². The molecule has 0 aliphatic heterocycles. The number of hydrogen-bond donors (Lipinski definition) is 0. The number of fused-ring (bicyclic) bond motifs is 1. The summed E-state index contributed by atoms with van der Waals surface area (Å²) in [6, 6.07) is 5.18. The average molecular weight is 274 g/mol. The van der Waals surface area contributed by atoms with Crippen LogP contribution < -0.4 is 0 Å². The Labute approximate surface area is 94.0 Å². The molecule has 1 heterocycles. The van der Waals surface area contributed by atoms with Crippen LogP contribution in [-0.2, 0) is 0 Å². The molecular formula is C10H6BrClO2. The van der Waals surface area contributed by atoms with Crippen LogP contribution in [0.25, 0.3) is 11.0 Å². The molecule has 2 nitrogen and oxygen atoms in total. The third-order valence-corrected chi connectivity index (χ3v) is 2.69. The van der Waals surface area contributed by atoms with Crippen molar-refractivity contribution in [1.82, 2.24) is 0 Å². The van der Waals surface area contributed by atoms with Crippen molar-refractivity contribution in [3.8, 4) is 0 Å². The minimum atomic E-state index is -0.0933. The molecule has 2 aromatic rings. The summed E-state index contributed by atoms with van der Waals surface area (Å²) in [6.07, 6.45) is 0. The largest absolute Gasteiger partial charge is 0.452 e. The molecule has 0 atom stereocenters. The minimum Gasteiger partial charge on any atom is -0.452 e. The molecule has 0 aliphatic rings. The van der Waals surface area contributed by atoms with Crippen LogP contribution in [0.15, 0.2) is 27.1 Å². The number of hydrogen-bond acceptors (Lipinski definition) is 2. The highest BCUT2D eigenvalue weighted by atomic mass is 79.9. The van der Waals surface area contributed by atoms with E-state index in [1.54, 1.807) is 18.2 Å². The molecule has 1 aromatic carbocycles. The van der Waals surface area contributed by atoms with E-state index < -0.39 is 0 Å².